The van der Waals surface area contributed by atoms with Gasteiger partial charge in [-0.1, -0.05) is 34.1 Å². The Morgan fingerprint density at radius 1 is 1.35 bits per heavy atom. The lowest BCUT2D eigenvalue weighted by Gasteiger charge is -2.03. The third-order valence-corrected chi connectivity index (χ3v) is 4.24. The Labute approximate surface area is 145 Å². The van der Waals surface area contributed by atoms with Gasteiger partial charge in [-0.3, -0.25) is 4.79 Å². The van der Waals surface area contributed by atoms with Crippen molar-refractivity contribution in [2.24, 2.45) is 0 Å². The van der Waals surface area contributed by atoms with Crippen LogP contribution in [0.4, 0.5) is 5.00 Å². The maximum absolute atomic E-state index is 11.7. The molecule has 0 aliphatic rings. The lowest BCUT2D eigenvalue weighted by molar-refractivity contribution is -0.142. The molecule has 0 spiro atoms. The van der Waals surface area contributed by atoms with Crippen molar-refractivity contribution in [2.45, 2.75) is 0 Å². The van der Waals surface area contributed by atoms with Crippen molar-refractivity contribution in [1.82, 2.24) is 0 Å². The number of rotatable bonds is 5. The highest BCUT2D eigenvalue weighted by Crippen LogP contribution is 2.21. The molecule has 1 heterocycles. The van der Waals surface area contributed by atoms with Gasteiger partial charge in [-0.25, -0.2) is 4.79 Å². The van der Waals surface area contributed by atoms with Crippen molar-refractivity contribution < 1.29 is 14.3 Å². The van der Waals surface area contributed by atoms with E-state index in [-0.39, 0.29) is 0 Å². The van der Waals surface area contributed by atoms with Crippen LogP contribution >= 0.6 is 27.3 Å². The molecular weight excluding hydrogens is 380 g/mol. The van der Waals surface area contributed by atoms with Crippen LogP contribution in [0.5, 0.6) is 0 Å². The van der Waals surface area contributed by atoms with E-state index in [0.29, 0.717) is 10.6 Å². The summed E-state index contributed by atoms with van der Waals surface area (Å²) in [4.78, 5) is 23.3. The molecule has 0 atom stereocenters. The Hall–Kier alpha value is -2.43. The minimum Gasteiger partial charge on any atom is -0.452 e. The Morgan fingerprint density at radius 3 is 2.87 bits per heavy atom. The van der Waals surface area contributed by atoms with Crippen molar-refractivity contribution in [3.8, 4) is 6.07 Å². The van der Waals surface area contributed by atoms with Crippen LogP contribution in [0.15, 0.2) is 46.3 Å². The van der Waals surface area contributed by atoms with E-state index in [4.69, 9.17) is 10.00 Å². The molecule has 0 unspecified atom stereocenters. The predicted octanol–water partition coefficient (Wildman–Crippen LogP) is 3.58. The van der Waals surface area contributed by atoms with Crippen LogP contribution in [0, 0.1) is 11.3 Å². The molecule has 0 bridgehead atoms. The quantitative estimate of drug-likeness (QED) is 0.624. The number of benzene rings is 1. The third-order valence-electron chi connectivity index (χ3n) is 2.69. The molecule has 7 heteroatoms. The molecule has 23 heavy (non-hydrogen) atoms. The van der Waals surface area contributed by atoms with Gasteiger partial charge in [0.25, 0.3) is 5.91 Å². The van der Waals surface area contributed by atoms with E-state index in [0.717, 1.165) is 10.0 Å². The molecule has 2 rings (SSSR count). The lowest BCUT2D eigenvalue weighted by atomic mass is 10.2. The number of nitrogens with zero attached hydrogens (tertiary/aromatic N) is 1. The van der Waals surface area contributed by atoms with Gasteiger partial charge in [-0.15, -0.1) is 11.3 Å². The van der Waals surface area contributed by atoms with Crippen LogP contribution in [0.2, 0.25) is 0 Å². The largest absolute Gasteiger partial charge is 0.452 e. The fourth-order valence-electron chi connectivity index (χ4n) is 1.61. The molecule has 0 radical (unpaired) electrons. The fourth-order valence-corrected chi connectivity index (χ4v) is 2.78. The Kier molecular flexibility index (Phi) is 6.09. The van der Waals surface area contributed by atoms with Crippen LogP contribution in [-0.4, -0.2) is 18.5 Å². The minimum atomic E-state index is -0.623. The summed E-state index contributed by atoms with van der Waals surface area (Å²) >= 11 is 4.59. The van der Waals surface area contributed by atoms with Crippen molar-refractivity contribution in [1.29, 1.82) is 5.26 Å². The molecule has 0 aliphatic heterocycles. The summed E-state index contributed by atoms with van der Waals surface area (Å²) in [7, 11) is 0. The zero-order valence-corrected chi connectivity index (χ0v) is 14.2. The second kappa shape index (κ2) is 8.27. The number of nitrogens with one attached hydrogen (secondary N) is 1. The van der Waals surface area contributed by atoms with Gasteiger partial charge >= 0.3 is 5.97 Å². The SMILES string of the molecule is N#Cc1ccsc1NC(=O)COC(=O)/C=C/c1ccccc1Br. The number of amides is 1. The summed E-state index contributed by atoms with van der Waals surface area (Å²) in [6, 6.07) is 11.0. The van der Waals surface area contributed by atoms with E-state index in [1.807, 2.05) is 30.3 Å². The highest BCUT2D eigenvalue weighted by molar-refractivity contribution is 9.10. The topological polar surface area (TPSA) is 79.2 Å². The van der Waals surface area contributed by atoms with Gasteiger partial charge in [0, 0.05) is 10.5 Å². The predicted molar refractivity (Wildman–Crippen MR) is 91.8 cm³/mol. The molecule has 1 aromatic heterocycles. The number of hydrogen-bond acceptors (Lipinski definition) is 5. The molecule has 116 valence electrons. The smallest absolute Gasteiger partial charge is 0.331 e. The van der Waals surface area contributed by atoms with Gasteiger partial charge in [-0.2, -0.15) is 5.26 Å². The fraction of sp³-hybridized carbons (Fsp3) is 0.0625. The summed E-state index contributed by atoms with van der Waals surface area (Å²) in [5.74, 6) is -1.12. The Morgan fingerprint density at radius 2 is 2.13 bits per heavy atom. The van der Waals surface area contributed by atoms with Crippen LogP contribution in [-0.2, 0) is 14.3 Å². The molecule has 1 N–H and O–H groups in total. The second-order valence-corrected chi connectivity index (χ2v) is 6.06. The van der Waals surface area contributed by atoms with Crippen LogP contribution in [0.25, 0.3) is 6.08 Å². The number of hydrogen-bond donors (Lipinski definition) is 1. The van der Waals surface area contributed by atoms with Crippen molar-refractivity contribution in [3.05, 3.63) is 57.4 Å². The van der Waals surface area contributed by atoms with Gasteiger partial charge < -0.3 is 10.1 Å². The van der Waals surface area contributed by atoms with Crippen LogP contribution < -0.4 is 5.32 Å². The number of halogens is 1. The average molecular weight is 391 g/mol. The molecule has 2 aromatic rings. The number of ether oxygens (including phenoxy) is 1. The highest BCUT2D eigenvalue weighted by atomic mass is 79.9. The molecule has 0 saturated carbocycles. The Bertz CT molecular complexity index is 793. The standard InChI is InChI=1S/C16H11BrN2O3S/c17-13-4-2-1-3-11(13)5-6-15(21)22-10-14(20)19-16-12(9-18)7-8-23-16/h1-8H,10H2,(H,19,20)/b6-5+. The van der Waals surface area contributed by atoms with E-state index in [1.54, 1.807) is 17.5 Å². The molecule has 5 nitrogen and oxygen atoms in total. The van der Waals surface area contributed by atoms with Crippen molar-refractivity contribution in [3.63, 3.8) is 0 Å². The first-order chi connectivity index (χ1) is 11.1. The molecule has 0 saturated heterocycles. The monoisotopic (exact) mass is 390 g/mol. The molecular formula is C16H11BrN2O3S. The lowest BCUT2D eigenvalue weighted by Crippen LogP contribution is -2.20. The van der Waals surface area contributed by atoms with Gasteiger partial charge in [-0.05, 0) is 29.2 Å². The van der Waals surface area contributed by atoms with Gasteiger partial charge in [0.1, 0.15) is 11.1 Å². The first kappa shape index (κ1) is 16.9. The van der Waals surface area contributed by atoms with Gasteiger partial charge in [0.15, 0.2) is 6.61 Å². The van der Waals surface area contributed by atoms with E-state index in [9.17, 15) is 9.59 Å². The zero-order valence-electron chi connectivity index (χ0n) is 11.8. The highest BCUT2D eigenvalue weighted by Gasteiger charge is 2.09. The molecule has 0 aliphatic carbocycles. The summed E-state index contributed by atoms with van der Waals surface area (Å²) in [5, 5.41) is 13.5. The zero-order chi connectivity index (χ0) is 16.7. The minimum absolute atomic E-state index is 0.378. The number of esters is 1. The molecule has 1 aromatic carbocycles. The van der Waals surface area contributed by atoms with Crippen LogP contribution in [0.3, 0.4) is 0 Å². The normalized spacial score (nSPS) is 10.3. The summed E-state index contributed by atoms with van der Waals surface area (Å²) in [5.41, 5.74) is 1.20. The maximum Gasteiger partial charge on any atom is 0.331 e. The summed E-state index contributed by atoms with van der Waals surface area (Å²) < 4.78 is 5.71. The number of carbonyl (C=O) groups is 2. The van der Waals surface area contributed by atoms with E-state index in [2.05, 4.69) is 21.2 Å². The second-order valence-electron chi connectivity index (χ2n) is 4.29. The van der Waals surface area contributed by atoms with Crippen molar-refractivity contribution >= 4 is 50.2 Å². The number of thiophene rings is 1. The van der Waals surface area contributed by atoms with Crippen LogP contribution in [0.1, 0.15) is 11.1 Å². The van der Waals surface area contributed by atoms with Gasteiger partial charge in [0.05, 0.1) is 5.56 Å². The average Bonchev–Trinajstić information content (AvgIpc) is 2.99. The number of nitriles is 1. The molecule has 0 fully saturated rings. The van der Waals surface area contributed by atoms with E-state index in [1.165, 1.54) is 17.4 Å². The number of carbonyl (C=O) groups excluding carboxylic acids is 2. The molecule has 1 amide bonds. The van der Waals surface area contributed by atoms with E-state index >= 15 is 0 Å². The third kappa shape index (κ3) is 5.06. The summed E-state index contributed by atoms with van der Waals surface area (Å²) in [6.45, 7) is -0.415. The first-order valence-corrected chi connectivity index (χ1v) is 8.14. The number of anilines is 1. The summed E-state index contributed by atoms with van der Waals surface area (Å²) in [6.07, 6.45) is 2.84. The van der Waals surface area contributed by atoms with Gasteiger partial charge in [0.2, 0.25) is 0 Å². The first-order valence-electron chi connectivity index (χ1n) is 6.47. The van der Waals surface area contributed by atoms with Crippen molar-refractivity contribution in [2.75, 3.05) is 11.9 Å². The Balaban J connectivity index is 1.84. The van der Waals surface area contributed by atoms with E-state index < -0.39 is 18.5 Å². The maximum atomic E-state index is 11.7.